The molecule has 240 valence electrons. The van der Waals surface area contributed by atoms with Crippen molar-refractivity contribution in [2.24, 2.45) is 5.92 Å². The van der Waals surface area contributed by atoms with E-state index in [0.29, 0.717) is 58.1 Å². The van der Waals surface area contributed by atoms with Crippen molar-refractivity contribution in [3.63, 3.8) is 0 Å². The van der Waals surface area contributed by atoms with Gasteiger partial charge in [-0.3, -0.25) is 28.9 Å². The van der Waals surface area contributed by atoms with Crippen LogP contribution in [0.5, 0.6) is 0 Å². The maximum Gasteiger partial charge on any atom is 0.243 e. The molecule has 4 amide bonds. The number of morpholine rings is 1. The zero-order valence-corrected chi connectivity index (χ0v) is 25.7. The number of carbonyl (C=O) groups is 5. The van der Waals surface area contributed by atoms with Crippen molar-refractivity contribution in [2.45, 2.75) is 88.9 Å². The highest BCUT2D eigenvalue weighted by Crippen LogP contribution is 2.33. The summed E-state index contributed by atoms with van der Waals surface area (Å²) in [4.78, 5) is 67.1. The van der Waals surface area contributed by atoms with Crippen LogP contribution in [-0.4, -0.2) is 97.5 Å². The van der Waals surface area contributed by atoms with Crippen LogP contribution in [0.1, 0.15) is 63.5 Å². The van der Waals surface area contributed by atoms with Crippen LogP contribution in [0.2, 0.25) is 0 Å². The average molecular weight is 612 g/mol. The van der Waals surface area contributed by atoms with Crippen LogP contribution < -0.4 is 21.3 Å². The summed E-state index contributed by atoms with van der Waals surface area (Å²) >= 11 is 0. The van der Waals surface area contributed by atoms with Crippen molar-refractivity contribution in [3.05, 3.63) is 29.3 Å². The number of rotatable bonds is 13. The van der Waals surface area contributed by atoms with Crippen molar-refractivity contribution >= 4 is 35.1 Å². The summed E-state index contributed by atoms with van der Waals surface area (Å²) in [5, 5.41) is 11.4. The van der Waals surface area contributed by atoms with E-state index in [9.17, 15) is 24.0 Å². The first-order valence-corrected chi connectivity index (χ1v) is 15.9. The predicted molar refractivity (Wildman–Crippen MR) is 162 cm³/mol. The molecular formula is C32H45N5O7. The van der Waals surface area contributed by atoms with Gasteiger partial charge in [0.1, 0.15) is 17.7 Å². The van der Waals surface area contributed by atoms with Crippen LogP contribution in [0, 0.1) is 5.92 Å². The zero-order chi connectivity index (χ0) is 31.3. The number of nitrogens with one attached hydrogen (secondary N) is 4. The number of anilines is 1. The molecular weight excluding hydrogens is 566 g/mol. The number of Topliss-reactive ketones (excluding diaryl/α,β-unsaturated/α-hetero) is 1. The molecule has 5 rings (SSSR count). The molecule has 0 aromatic heterocycles. The largest absolute Gasteiger partial charge is 0.379 e. The summed E-state index contributed by atoms with van der Waals surface area (Å²) in [5.41, 5.74) is 1.62. The number of carbonyl (C=O) groups excluding carboxylic acids is 5. The summed E-state index contributed by atoms with van der Waals surface area (Å²) < 4.78 is 10.8. The summed E-state index contributed by atoms with van der Waals surface area (Å²) in [5.74, 6) is -1.08. The number of hydrogen-bond acceptors (Lipinski definition) is 8. The van der Waals surface area contributed by atoms with Crippen LogP contribution >= 0.6 is 0 Å². The molecule has 3 fully saturated rings. The van der Waals surface area contributed by atoms with Crippen molar-refractivity contribution in [3.8, 4) is 0 Å². The lowest BCUT2D eigenvalue weighted by molar-refractivity contribution is -0.134. The summed E-state index contributed by atoms with van der Waals surface area (Å²) in [6.07, 6.45) is 5.93. The van der Waals surface area contributed by atoms with Gasteiger partial charge >= 0.3 is 0 Å². The molecule has 4 aliphatic rings. The molecule has 4 N–H and O–H groups in total. The Hall–Kier alpha value is -3.35. The van der Waals surface area contributed by atoms with E-state index in [1.807, 2.05) is 23.1 Å². The molecule has 3 heterocycles. The third kappa shape index (κ3) is 8.42. The highest BCUT2D eigenvalue weighted by atomic mass is 16.6. The molecule has 12 nitrogen and oxygen atoms in total. The molecule has 1 aromatic carbocycles. The Morgan fingerprint density at radius 1 is 1.02 bits per heavy atom. The quantitative estimate of drug-likeness (QED) is 0.239. The Kier molecular flexibility index (Phi) is 10.3. The average Bonchev–Trinajstić information content (AvgIpc) is 3.54. The SMILES string of the molecule is CC(NC(=O)CN1CCOCC1)C(=O)NC(Cc1ccc2c(c1)CCC(=O)N2)C(=O)NC(CC1CCCC1)C(=O)C1(C)CO1. The molecule has 0 spiro atoms. The van der Waals surface area contributed by atoms with E-state index in [0.717, 1.165) is 42.5 Å². The topological polar surface area (TPSA) is 158 Å². The second-order valence-electron chi connectivity index (χ2n) is 12.8. The molecule has 2 saturated heterocycles. The minimum absolute atomic E-state index is 0.0364. The zero-order valence-electron chi connectivity index (χ0n) is 25.7. The van der Waals surface area contributed by atoms with Gasteiger partial charge in [0.25, 0.3) is 0 Å². The first-order valence-electron chi connectivity index (χ1n) is 15.9. The van der Waals surface area contributed by atoms with Gasteiger partial charge in [0.05, 0.1) is 32.4 Å². The van der Waals surface area contributed by atoms with Gasteiger partial charge in [0.15, 0.2) is 5.78 Å². The van der Waals surface area contributed by atoms with Crippen LogP contribution in [0.3, 0.4) is 0 Å². The minimum Gasteiger partial charge on any atom is -0.379 e. The maximum atomic E-state index is 13.9. The van der Waals surface area contributed by atoms with Gasteiger partial charge in [-0.15, -0.1) is 0 Å². The standard InChI is InChI=1S/C32H45N5O7/c1-20(33-28(39)18-37-11-13-43-14-12-37)30(41)36-26(17-22-7-9-24-23(15-22)8-10-27(38)34-24)31(42)35-25(16-21-5-3-4-6-21)29(40)32(2)19-44-32/h7,9,15,20-21,25-26H,3-6,8,10-14,16-19H2,1-2H3,(H,33,39)(H,34,38)(H,35,42)(H,36,41). The maximum absolute atomic E-state index is 13.9. The number of hydrogen-bond donors (Lipinski definition) is 4. The molecule has 4 unspecified atom stereocenters. The van der Waals surface area contributed by atoms with E-state index in [1.54, 1.807) is 13.8 Å². The van der Waals surface area contributed by atoms with E-state index in [1.165, 1.54) is 0 Å². The molecule has 1 saturated carbocycles. The van der Waals surface area contributed by atoms with Crippen molar-refractivity contribution < 1.29 is 33.4 Å². The Morgan fingerprint density at radius 2 is 1.73 bits per heavy atom. The molecule has 12 heteroatoms. The number of epoxide rings is 1. The number of fused-ring (bicyclic) bond motifs is 1. The number of benzene rings is 1. The van der Waals surface area contributed by atoms with Gasteiger partial charge in [-0.1, -0.05) is 37.8 Å². The van der Waals surface area contributed by atoms with Gasteiger partial charge in [-0.2, -0.15) is 0 Å². The predicted octanol–water partition coefficient (Wildman–Crippen LogP) is 0.859. The molecule has 0 bridgehead atoms. The smallest absolute Gasteiger partial charge is 0.243 e. The van der Waals surface area contributed by atoms with Crippen LogP contribution in [0.25, 0.3) is 0 Å². The van der Waals surface area contributed by atoms with Crippen molar-refractivity contribution in [1.29, 1.82) is 0 Å². The lowest BCUT2D eigenvalue weighted by atomic mass is 9.90. The summed E-state index contributed by atoms with van der Waals surface area (Å²) in [6.45, 7) is 6.22. The van der Waals surface area contributed by atoms with Crippen LogP contribution in [-0.2, 0) is 46.3 Å². The fourth-order valence-electron chi connectivity index (χ4n) is 6.32. The Balaban J connectivity index is 1.29. The number of nitrogens with zero attached hydrogens (tertiary/aromatic N) is 1. The second kappa shape index (κ2) is 14.2. The van der Waals surface area contributed by atoms with E-state index in [2.05, 4.69) is 21.3 Å². The first kappa shape index (κ1) is 32.1. The summed E-state index contributed by atoms with van der Waals surface area (Å²) in [6, 6.07) is 2.97. The van der Waals surface area contributed by atoms with Crippen LogP contribution in [0.15, 0.2) is 18.2 Å². The van der Waals surface area contributed by atoms with Gasteiger partial charge in [0.2, 0.25) is 23.6 Å². The van der Waals surface area contributed by atoms with Gasteiger partial charge < -0.3 is 30.7 Å². The molecule has 1 aromatic rings. The van der Waals surface area contributed by atoms with E-state index >= 15 is 0 Å². The normalized spacial score (nSPS) is 23.9. The molecule has 0 radical (unpaired) electrons. The van der Waals surface area contributed by atoms with E-state index in [4.69, 9.17) is 9.47 Å². The second-order valence-corrected chi connectivity index (χ2v) is 12.8. The molecule has 1 aliphatic carbocycles. The number of aryl methyl sites for hydroxylation is 1. The third-order valence-electron chi connectivity index (χ3n) is 9.15. The number of amides is 4. The van der Waals surface area contributed by atoms with Gasteiger partial charge in [0, 0.05) is 31.6 Å². The van der Waals surface area contributed by atoms with Crippen LogP contribution in [0.4, 0.5) is 5.69 Å². The fourth-order valence-corrected chi connectivity index (χ4v) is 6.32. The van der Waals surface area contributed by atoms with E-state index < -0.39 is 35.5 Å². The first-order chi connectivity index (χ1) is 21.1. The van der Waals surface area contributed by atoms with Gasteiger partial charge in [-0.25, -0.2) is 0 Å². The third-order valence-corrected chi connectivity index (χ3v) is 9.15. The fraction of sp³-hybridized carbons (Fsp3) is 0.656. The molecule has 44 heavy (non-hydrogen) atoms. The van der Waals surface area contributed by atoms with E-state index in [-0.39, 0.29) is 30.6 Å². The monoisotopic (exact) mass is 611 g/mol. The highest BCUT2D eigenvalue weighted by molar-refractivity contribution is 5.98. The molecule has 4 atom stereocenters. The molecule has 3 aliphatic heterocycles. The number of ketones is 1. The highest BCUT2D eigenvalue weighted by Gasteiger charge is 2.50. The Labute approximate surface area is 258 Å². The van der Waals surface area contributed by atoms with Gasteiger partial charge in [-0.05, 0) is 49.8 Å². The Morgan fingerprint density at radius 3 is 2.43 bits per heavy atom. The summed E-state index contributed by atoms with van der Waals surface area (Å²) in [7, 11) is 0. The lowest BCUT2D eigenvalue weighted by Crippen LogP contribution is -2.57. The number of ether oxygens (including phenoxy) is 2. The minimum atomic E-state index is -0.996. The van der Waals surface area contributed by atoms with Crippen molar-refractivity contribution in [2.75, 3.05) is 44.8 Å². The lowest BCUT2D eigenvalue weighted by Gasteiger charge is -2.28. The van der Waals surface area contributed by atoms with Crippen molar-refractivity contribution in [1.82, 2.24) is 20.9 Å². The Bertz CT molecular complexity index is 1250.